The van der Waals surface area contributed by atoms with E-state index in [9.17, 15) is 0 Å². The molecule has 1 fully saturated rings. The van der Waals surface area contributed by atoms with E-state index in [4.69, 9.17) is 10.5 Å². The summed E-state index contributed by atoms with van der Waals surface area (Å²) in [6.07, 6.45) is 4.49. The fourth-order valence-corrected chi connectivity index (χ4v) is 1.63. The topological polar surface area (TPSA) is 59.6 Å². The first kappa shape index (κ1) is 16.0. The van der Waals surface area contributed by atoms with E-state index >= 15 is 0 Å². The molecule has 16 heavy (non-hydrogen) atoms. The molecule has 0 spiro atoms. The standard InChI is InChI=1S/C11H23N3O.HI/c1-4-9(2)14-10(12)13-8-11(15-3)6-5-7-11;/h9H,4-8H2,1-3H3,(H3,12,13,14);1H. The summed E-state index contributed by atoms with van der Waals surface area (Å²) in [5.74, 6) is 0.535. The minimum atomic E-state index is -0.0260. The molecule has 0 aromatic rings. The van der Waals surface area contributed by atoms with Crippen LogP contribution in [0, 0.1) is 0 Å². The number of nitrogens with one attached hydrogen (secondary N) is 1. The molecule has 0 radical (unpaired) electrons. The summed E-state index contributed by atoms with van der Waals surface area (Å²) in [5, 5.41) is 3.15. The number of rotatable bonds is 5. The maximum absolute atomic E-state index is 5.77. The quantitative estimate of drug-likeness (QED) is 0.456. The first-order chi connectivity index (χ1) is 7.12. The van der Waals surface area contributed by atoms with Gasteiger partial charge in [0.05, 0.1) is 12.1 Å². The van der Waals surface area contributed by atoms with Gasteiger partial charge in [0, 0.05) is 13.2 Å². The highest BCUT2D eigenvalue weighted by atomic mass is 127. The van der Waals surface area contributed by atoms with E-state index in [1.54, 1.807) is 7.11 Å². The molecule has 1 unspecified atom stereocenters. The molecule has 4 nitrogen and oxygen atoms in total. The Morgan fingerprint density at radius 1 is 1.56 bits per heavy atom. The minimum Gasteiger partial charge on any atom is -0.376 e. The number of halogens is 1. The molecule has 0 aromatic heterocycles. The number of methoxy groups -OCH3 is 1. The zero-order valence-corrected chi connectivity index (χ0v) is 12.8. The first-order valence-corrected chi connectivity index (χ1v) is 5.73. The van der Waals surface area contributed by atoms with Crippen LogP contribution in [0.1, 0.15) is 39.5 Å². The number of hydrogen-bond acceptors (Lipinski definition) is 2. The van der Waals surface area contributed by atoms with Crippen molar-refractivity contribution in [2.24, 2.45) is 10.7 Å². The van der Waals surface area contributed by atoms with Gasteiger partial charge in [0.25, 0.3) is 0 Å². The Morgan fingerprint density at radius 3 is 2.56 bits per heavy atom. The summed E-state index contributed by atoms with van der Waals surface area (Å²) < 4.78 is 5.47. The molecule has 0 aliphatic heterocycles. The van der Waals surface area contributed by atoms with Gasteiger partial charge in [0.1, 0.15) is 0 Å². The van der Waals surface area contributed by atoms with Crippen LogP contribution >= 0.6 is 24.0 Å². The molecule has 0 amide bonds. The Bertz CT molecular complexity index is 224. The fourth-order valence-electron chi connectivity index (χ4n) is 1.63. The molecular weight excluding hydrogens is 317 g/mol. The lowest BCUT2D eigenvalue weighted by atomic mass is 9.80. The van der Waals surface area contributed by atoms with Crippen LogP contribution in [0.25, 0.3) is 0 Å². The first-order valence-electron chi connectivity index (χ1n) is 5.73. The lowest BCUT2D eigenvalue weighted by Gasteiger charge is -2.39. The van der Waals surface area contributed by atoms with Crippen LogP contribution in [0.4, 0.5) is 0 Å². The third kappa shape index (κ3) is 4.45. The highest BCUT2D eigenvalue weighted by Crippen LogP contribution is 2.35. The van der Waals surface area contributed by atoms with Gasteiger partial charge >= 0.3 is 0 Å². The van der Waals surface area contributed by atoms with Gasteiger partial charge in [-0.25, -0.2) is 0 Å². The van der Waals surface area contributed by atoms with E-state index in [1.807, 2.05) is 0 Å². The molecule has 5 heteroatoms. The van der Waals surface area contributed by atoms with Crippen LogP contribution < -0.4 is 11.1 Å². The van der Waals surface area contributed by atoms with Crippen LogP contribution in [0.15, 0.2) is 4.99 Å². The van der Waals surface area contributed by atoms with Crippen molar-refractivity contribution < 1.29 is 4.74 Å². The van der Waals surface area contributed by atoms with E-state index in [2.05, 4.69) is 24.2 Å². The Balaban J connectivity index is 0.00000225. The number of guanidine groups is 1. The van der Waals surface area contributed by atoms with Gasteiger partial charge in [0.2, 0.25) is 0 Å². The van der Waals surface area contributed by atoms with Crippen LogP contribution in [0.2, 0.25) is 0 Å². The molecule has 3 N–H and O–H groups in total. The summed E-state index contributed by atoms with van der Waals surface area (Å²) in [6.45, 7) is 4.89. The molecule has 96 valence electrons. The maximum Gasteiger partial charge on any atom is 0.188 e. The summed E-state index contributed by atoms with van der Waals surface area (Å²) in [4.78, 5) is 4.34. The number of aliphatic imine (C=N–C) groups is 1. The normalized spacial score (nSPS) is 20.6. The molecular formula is C11H24IN3O. The molecule has 1 saturated carbocycles. The largest absolute Gasteiger partial charge is 0.376 e. The summed E-state index contributed by atoms with van der Waals surface area (Å²) >= 11 is 0. The van der Waals surface area contributed by atoms with Crippen molar-refractivity contribution in [2.75, 3.05) is 13.7 Å². The second-order valence-electron chi connectivity index (χ2n) is 4.40. The Hall–Kier alpha value is -0.0400. The third-order valence-electron chi connectivity index (χ3n) is 3.24. The lowest BCUT2D eigenvalue weighted by molar-refractivity contribution is -0.0630. The van der Waals surface area contributed by atoms with Crippen LogP contribution in [-0.4, -0.2) is 31.3 Å². The van der Waals surface area contributed by atoms with Crippen LogP contribution in [0.5, 0.6) is 0 Å². The smallest absolute Gasteiger partial charge is 0.188 e. The van der Waals surface area contributed by atoms with Crippen molar-refractivity contribution in [1.29, 1.82) is 0 Å². The van der Waals surface area contributed by atoms with Crippen molar-refractivity contribution in [3.8, 4) is 0 Å². The van der Waals surface area contributed by atoms with Crippen molar-refractivity contribution in [2.45, 2.75) is 51.2 Å². The summed E-state index contributed by atoms with van der Waals surface area (Å²) in [7, 11) is 1.76. The Kier molecular flexibility index (Phi) is 7.30. The van der Waals surface area contributed by atoms with E-state index < -0.39 is 0 Å². The third-order valence-corrected chi connectivity index (χ3v) is 3.24. The number of nitrogens with zero attached hydrogens (tertiary/aromatic N) is 1. The van der Waals surface area contributed by atoms with Crippen molar-refractivity contribution in [1.82, 2.24) is 5.32 Å². The fraction of sp³-hybridized carbons (Fsp3) is 0.909. The highest BCUT2D eigenvalue weighted by molar-refractivity contribution is 14.0. The molecule has 1 atom stereocenters. The van der Waals surface area contributed by atoms with E-state index in [0.717, 1.165) is 19.3 Å². The minimum absolute atomic E-state index is 0. The van der Waals surface area contributed by atoms with Gasteiger partial charge in [-0.2, -0.15) is 0 Å². The highest BCUT2D eigenvalue weighted by Gasteiger charge is 2.36. The Labute approximate surface area is 115 Å². The van der Waals surface area contributed by atoms with Gasteiger partial charge in [-0.1, -0.05) is 6.92 Å². The van der Waals surface area contributed by atoms with E-state index in [1.165, 1.54) is 6.42 Å². The Morgan fingerprint density at radius 2 is 2.19 bits per heavy atom. The van der Waals surface area contributed by atoms with Crippen LogP contribution in [0.3, 0.4) is 0 Å². The monoisotopic (exact) mass is 341 g/mol. The average molecular weight is 341 g/mol. The molecule has 0 heterocycles. The van der Waals surface area contributed by atoms with Crippen LogP contribution in [-0.2, 0) is 4.74 Å². The zero-order chi connectivity index (χ0) is 11.3. The van der Waals surface area contributed by atoms with Gasteiger partial charge in [-0.3, -0.25) is 4.99 Å². The molecule has 0 saturated heterocycles. The molecule has 0 bridgehead atoms. The van der Waals surface area contributed by atoms with Crippen molar-refractivity contribution >= 4 is 29.9 Å². The predicted molar refractivity (Wildman–Crippen MR) is 78.4 cm³/mol. The maximum atomic E-state index is 5.77. The molecule has 1 aliphatic carbocycles. The number of nitrogens with two attached hydrogens (primary N) is 1. The zero-order valence-electron chi connectivity index (χ0n) is 10.5. The molecule has 1 aliphatic rings. The second kappa shape index (κ2) is 7.32. The van der Waals surface area contributed by atoms with Gasteiger partial charge in [-0.15, -0.1) is 24.0 Å². The lowest BCUT2D eigenvalue weighted by Crippen LogP contribution is -2.44. The molecule has 0 aromatic carbocycles. The van der Waals surface area contributed by atoms with Crippen molar-refractivity contribution in [3.63, 3.8) is 0 Å². The van der Waals surface area contributed by atoms with E-state index in [-0.39, 0.29) is 29.6 Å². The average Bonchev–Trinajstić information content (AvgIpc) is 2.16. The summed E-state index contributed by atoms with van der Waals surface area (Å²) in [5.41, 5.74) is 5.75. The van der Waals surface area contributed by atoms with Gasteiger partial charge in [0.15, 0.2) is 5.96 Å². The predicted octanol–water partition coefficient (Wildman–Crippen LogP) is 1.88. The van der Waals surface area contributed by atoms with Crippen molar-refractivity contribution in [3.05, 3.63) is 0 Å². The van der Waals surface area contributed by atoms with Gasteiger partial charge in [-0.05, 0) is 32.6 Å². The van der Waals surface area contributed by atoms with Gasteiger partial charge < -0.3 is 15.8 Å². The SMILES string of the molecule is CCC(C)NC(N)=NCC1(OC)CCC1.I. The summed E-state index contributed by atoms with van der Waals surface area (Å²) in [6, 6.07) is 0.383. The number of ether oxygens (including phenoxy) is 1. The number of hydrogen-bond donors (Lipinski definition) is 2. The van der Waals surface area contributed by atoms with E-state index in [0.29, 0.717) is 18.5 Å². The molecule has 1 rings (SSSR count). The second-order valence-corrected chi connectivity index (χ2v) is 4.40.